The number of nitrogens with two attached hydrogens (primary N) is 1. The predicted octanol–water partition coefficient (Wildman–Crippen LogP) is 3.03. The van der Waals surface area contributed by atoms with Crippen molar-refractivity contribution in [3.63, 3.8) is 0 Å². The Morgan fingerprint density at radius 3 is 2.80 bits per heavy atom. The topological polar surface area (TPSA) is 66.0 Å². The van der Waals surface area contributed by atoms with Crippen molar-refractivity contribution in [1.82, 2.24) is 14.8 Å². The molecule has 1 unspecified atom stereocenters. The van der Waals surface area contributed by atoms with Gasteiger partial charge in [-0.15, -0.1) is 10.2 Å². The number of hydrogen-bond donors (Lipinski definition) is 1. The Labute approximate surface area is 124 Å². The maximum absolute atomic E-state index is 6.33. The highest BCUT2D eigenvalue weighted by Crippen LogP contribution is 2.44. The molecule has 1 aliphatic heterocycles. The van der Waals surface area contributed by atoms with Crippen molar-refractivity contribution in [2.75, 3.05) is 11.5 Å². The van der Waals surface area contributed by atoms with Gasteiger partial charge in [0.2, 0.25) is 5.95 Å². The Morgan fingerprint density at radius 2 is 2.10 bits per heavy atom. The summed E-state index contributed by atoms with van der Waals surface area (Å²) in [6.45, 7) is 4.20. The third-order valence-corrected chi connectivity index (χ3v) is 5.53. The first-order valence-electron chi connectivity index (χ1n) is 7.61. The van der Waals surface area contributed by atoms with Crippen LogP contribution in [0.15, 0.2) is 5.16 Å². The number of rotatable bonds is 4. The summed E-state index contributed by atoms with van der Waals surface area (Å²) in [6, 6.07) is 0.290. The molecule has 0 radical (unpaired) electrons. The SMILES string of the molecule is CC(C)n1c(N)nnc1SCC1CCC2(CCCC2)O1. The molecular formula is C14H24N4OS. The van der Waals surface area contributed by atoms with E-state index in [1.807, 2.05) is 4.57 Å². The monoisotopic (exact) mass is 296 g/mol. The fourth-order valence-corrected chi connectivity index (χ4v) is 4.55. The van der Waals surface area contributed by atoms with Crippen LogP contribution in [0.25, 0.3) is 0 Å². The fourth-order valence-electron chi connectivity index (χ4n) is 3.44. The maximum Gasteiger partial charge on any atom is 0.222 e. The van der Waals surface area contributed by atoms with E-state index >= 15 is 0 Å². The van der Waals surface area contributed by atoms with Gasteiger partial charge in [-0.2, -0.15) is 0 Å². The number of aromatic nitrogens is 3. The third kappa shape index (κ3) is 2.68. The molecule has 2 fully saturated rings. The molecule has 2 aliphatic rings. The van der Waals surface area contributed by atoms with Crippen molar-refractivity contribution in [2.45, 2.75) is 75.3 Å². The Morgan fingerprint density at radius 1 is 1.35 bits per heavy atom. The largest absolute Gasteiger partial charge is 0.371 e. The lowest BCUT2D eigenvalue weighted by atomic mass is 9.98. The van der Waals surface area contributed by atoms with Crippen LogP contribution in [0.4, 0.5) is 5.95 Å². The van der Waals surface area contributed by atoms with Gasteiger partial charge in [0, 0.05) is 11.8 Å². The molecule has 1 aromatic heterocycles. The quantitative estimate of drug-likeness (QED) is 0.865. The summed E-state index contributed by atoms with van der Waals surface area (Å²) in [7, 11) is 0. The summed E-state index contributed by atoms with van der Waals surface area (Å²) in [5.41, 5.74) is 6.08. The maximum atomic E-state index is 6.33. The molecule has 1 spiro atoms. The smallest absolute Gasteiger partial charge is 0.222 e. The average molecular weight is 296 g/mol. The van der Waals surface area contributed by atoms with E-state index < -0.39 is 0 Å². The number of ether oxygens (including phenoxy) is 1. The van der Waals surface area contributed by atoms with Crippen LogP contribution in [0, 0.1) is 0 Å². The van der Waals surface area contributed by atoms with Gasteiger partial charge in [0.25, 0.3) is 0 Å². The van der Waals surface area contributed by atoms with Gasteiger partial charge in [-0.1, -0.05) is 24.6 Å². The predicted molar refractivity (Wildman–Crippen MR) is 80.8 cm³/mol. The van der Waals surface area contributed by atoms with Crippen molar-refractivity contribution in [3.8, 4) is 0 Å². The first-order chi connectivity index (χ1) is 9.60. The van der Waals surface area contributed by atoms with Gasteiger partial charge in [-0.25, -0.2) is 0 Å². The van der Waals surface area contributed by atoms with E-state index in [0.29, 0.717) is 12.1 Å². The first kappa shape index (κ1) is 14.2. The summed E-state index contributed by atoms with van der Waals surface area (Å²) >= 11 is 1.72. The normalized spacial score (nSPS) is 25.1. The van der Waals surface area contributed by atoms with E-state index in [0.717, 1.165) is 10.9 Å². The molecular weight excluding hydrogens is 272 g/mol. The highest BCUT2D eigenvalue weighted by molar-refractivity contribution is 7.99. The van der Waals surface area contributed by atoms with Crippen LogP contribution < -0.4 is 5.73 Å². The molecule has 3 rings (SSSR count). The summed E-state index contributed by atoms with van der Waals surface area (Å²) in [5, 5.41) is 9.08. The van der Waals surface area contributed by atoms with Crippen molar-refractivity contribution in [2.24, 2.45) is 0 Å². The van der Waals surface area contributed by atoms with Crippen molar-refractivity contribution < 1.29 is 4.74 Å². The standard InChI is InChI=1S/C14H24N4OS/c1-10(2)18-12(15)16-17-13(18)20-9-11-5-8-14(19-11)6-3-4-7-14/h10-11H,3-9H2,1-2H3,(H2,15,16). The number of hydrogen-bond acceptors (Lipinski definition) is 5. The van der Waals surface area contributed by atoms with E-state index in [9.17, 15) is 0 Å². The van der Waals surface area contributed by atoms with Gasteiger partial charge < -0.3 is 10.5 Å². The third-order valence-electron chi connectivity index (χ3n) is 4.46. The molecule has 0 aromatic carbocycles. The fraction of sp³-hybridized carbons (Fsp3) is 0.857. The van der Waals surface area contributed by atoms with Gasteiger partial charge in [0.05, 0.1) is 11.7 Å². The average Bonchev–Trinajstić information content (AvgIpc) is 3.10. The molecule has 0 bridgehead atoms. The second kappa shape index (κ2) is 5.56. The van der Waals surface area contributed by atoms with E-state index in [-0.39, 0.29) is 11.6 Å². The highest BCUT2D eigenvalue weighted by Gasteiger charge is 2.42. The lowest BCUT2D eigenvalue weighted by molar-refractivity contribution is -0.0267. The second-order valence-electron chi connectivity index (χ2n) is 6.28. The molecule has 1 aliphatic carbocycles. The first-order valence-corrected chi connectivity index (χ1v) is 8.59. The molecule has 20 heavy (non-hydrogen) atoms. The van der Waals surface area contributed by atoms with Crippen molar-refractivity contribution in [3.05, 3.63) is 0 Å². The summed E-state index contributed by atoms with van der Waals surface area (Å²) in [5.74, 6) is 1.45. The lowest BCUT2D eigenvalue weighted by Crippen LogP contribution is -2.25. The number of nitrogen functional groups attached to an aromatic ring is 1. The van der Waals surface area contributed by atoms with Crippen LogP contribution in [0.3, 0.4) is 0 Å². The van der Waals surface area contributed by atoms with Gasteiger partial charge in [-0.05, 0) is 39.5 Å². The van der Waals surface area contributed by atoms with Gasteiger partial charge >= 0.3 is 0 Å². The Hall–Kier alpha value is -0.750. The van der Waals surface area contributed by atoms with Gasteiger partial charge in [-0.3, -0.25) is 4.57 Å². The highest BCUT2D eigenvalue weighted by atomic mass is 32.2. The minimum absolute atomic E-state index is 0.218. The molecule has 1 atom stereocenters. The van der Waals surface area contributed by atoms with Crippen LogP contribution in [0.2, 0.25) is 0 Å². The van der Waals surface area contributed by atoms with E-state index in [4.69, 9.17) is 10.5 Å². The Kier molecular flexibility index (Phi) is 3.95. The van der Waals surface area contributed by atoms with Crippen LogP contribution in [0.1, 0.15) is 58.4 Å². The van der Waals surface area contributed by atoms with E-state index in [1.165, 1.54) is 38.5 Å². The van der Waals surface area contributed by atoms with E-state index in [2.05, 4.69) is 24.0 Å². The summed E-state index contributed by atoms with van der Waals surface area (Å²) in [4.78, 5) is 0. The van der Waals surface area contributed by atoms with Gasteiger partial charge in [0.1, 0.15) is 0 Å². The van der Waals surface area contributed by atoms with Crippen LogP contribution in [-0.4, -0.2) is 32.2 Å². The van der Waals surface area contributed by atoms with Crippen LogP contribution in [-0.2, 0) is 4.74 Å². The molecule has 112 valence electrons. The van der Waals surface area contributed by atoms with Crippen molar-refractivity contribution in [1.29, 1.82) is 0 Å². The molecule has 1 saturated heterocycles. The molecule has 1 saturated carbocycles. The van der Waals surface area contributed by atoms with Crippen LogP contribution in [0.5, 0.6) is 0 Å². The zero-order chi connectivity index (χ0) is 14.2. The zero-order valence-electron chi connectivity index (χ0n) is 12.3. The van der Waals surface area contributed by atoms with Crippen molar-refractivity contribution >= 4 is 17.7 Å². The molecule has 0 amide bonds. The molecule has 2 heterocycles. The van der Waals surface area contributed by atoms with Gasteiger partial charge in [0.15, 0.2) is 5.16 Å². The minimum atomic E-state index is 0.218. The lowest BCUT2D eigenvalue weighted by Gasteiger charge is -2.23. The molecule has 1 aromatic rings. The summed E-state index contributed by atoms with van der Waals surface area (Å²) in [6.07, 6.45) is 7.94. The number of thioether (sulfide) groups is 1. The van der Waals surface area contributed by atoms with E-state index in [1.54, 1.807) is 11.8 Å². The molecule has 5 nitrogen and oxygen atoms in total. The molecule has 2 N–H and O–H groups in total. The Bertz CT molecular complexity index is 468. The minimum Gasteiger partial charge on any atom is -0.371 e. The number of anilines is 1. The molecule has 6 heteroatoms. The van der Waals surface area contributed by atoms with Crippen LogP contribution >= 0.6 is 11.8 Å². The zero-order valence-corrected chi connectivity index (χ0v) is 13.2. The Balaban J connectivity index is 1.58. The second-order valence-corrected chi connectivity index (χ2v) is 7.27. The number of nitrogens with zero attached hydrogens (tertiary/aromatic N) is 3. The summed E-state index contributed by atoms with van der Waals surface area (Å²) < 4.78 is 8.32.